The van der Waals surface area contributed by atoms with Crippen LogP contribution in [-0.4, -0.2) is 34.6 Å². The van der Waals surface area contributed by atoms with Gasteiger partial charge < -0.3 is 14.8 Å². The minimum atomic E-state index is -0.327. The van der Waals surface area contributed by atoms with Crippen molar-refractivity contribution in [2.45, 2.75) is 77.8 Å². The summed E-state index contributed by atoms with van der Waals surface area (Å²) in [6.45, 7) is 7.83. The summed E-state index contributed by atoms with van der Waals surface area (Å²) in [5, 5.41) is 3.24. The number of hydrogen-bond acceptors (Lipinski definition) is 3. The lowest BCUT2D eigenvalue weighted by atomic mass is 9.94. The number of fused-ring (bicyclic) bond motifs is 1. The third-order valence-corrected chi connectivity index (χ3v) is 6.31. The zero-order chi connectivity index (χ0) is 19.7. The van der Waals surface area contributed by atoms with E-state index in [1.165, 1.54) is 37.6 Å². The average Bonchev–Trinajstić information content (AvgIpc) is 3.08. The first-order valence-corrected chi connectivity index (χ1v) is 11.0. The molecule has 1 aromatic heterocycles. The number of rotatable bonds is 3. The lowest BCUT2D eigenvalue weighted by molar-refractivity contribution is -0.129. The molecule has 0 radical (unpaired) electrons. The molecule has 1 aliphatic heterocycles. The second-order valence-corrected chi connectivity index (χ2v) is 9.55. The van der Waals surface area contributed by atoms with Crippen LogP contribution in [0.15, 0.2) is 24.3 Å². The van der Waals surface area contributed by atoms with Crippen molar-refractivity contribution in [2.75, 3.05) is 18.0 Å². The molecule has 1 saturated heterocycles. The standard InChI is InChI=1S/C23H34N4O/c1-23(2,3)21(28)24-17-13-15-26(16-14-17)22-25-19-11-7-8-12-20(19)27(22)18-9-5-4-6-10-18/h7-8,11-12,17-18H,4-6,9-10,13-16H2,1-3H3,(H,24,28). The van der Waals surface area contributed by atoms with Gasteiger partial charge in [-0.15, -0.1) is 0 Å². The lowest BCUT2D eigenvalue weighted by Gasteiger charge is -2.36. The van der Waals surface area contributed by atoms with E-state index in [0.29, 0.717) is 6.04 Å². The fraction of sp³-hybridized carbons (Fsp3) is 0.652. The fourth-order valence-corrected chi connectivity index (χ4v) is 4.58. The maximum Gasteiger partial charge on any atom is 0.225 e. The SMILES string of the molecule is CC(C)(C)C(=O)NC1CCN(c2nc3ccccc3n2C2CCCCC2)CC1. The molecule has 28 heavy (non-hydrogen) atoms. The first-order chi connectivity index (χ1) is 13.4. The van der Waals surface area contributed by atoms with Crippen LogP contribution in [0, 0.1) is 5.41 Å². The number of nitrogens with one attached hydrogen (secondary N) is 1. The molecular weight excluding hydrogens is 348 g/mol. The number of hydrogen-bond donors (Lipinski definition) is 1. The molecule has 0 unspecified atom stereocenters. The van der Waals surface area contributed by atoms with E-state index in [0.717, 1.165) is 37.4 Å². The van der Waals surface area contributed by atoms with Crippen molar-refractivity contribution in [3.8, 4) is 0 Å². The topological polar surface area (TPSA) is 50.2 Å². The summed E-state index contributed by atoms with van der Waals surface area (Å²) in [4.78, 5) is 19.8. The summed E-state index contributed by atoms with van der Waals surface area (Å²) in [5.41, 5.74) is 2.05. The Labute approximate surface area is 168 Å². The van der Waals surface area contributed by atoms with Gasteiger partial charge in [0.05, 0.1) is 11.0 Å². The van der Waals surface area contributed by atoms with Gasteiger partial charge >= 0.3 is 0 Å². The highest BCUT2D eigenvalue weighted by molar-refractivity contribution is 5.81. The van der Waals surface area contributed by atoms with E-state index < -0.39 is 0 Å². The average molecular weight is 383 g/mol. The normalized spacial score (nSPS) is 19.9. The van der Waals surface area contributed by atoms with Crippen LogP contribution in [0.2, 0.25) is 0 Å². The predicted molar refractivity (Wildman–Crippen MR) is 115 cm³/mol. The monoisotopic (exact) mass is 382 g/mol. The molecule has 5 heteroatoms. The van der Waals surface area contributed by atoms with Crippen molar-refractivity contribution in [1.29, 1.82) is 0 Å². The van der Waals surface area contributed by atoms with E-state index >= 15 is 0 Å². The third-order valence-electron chi connectivity index (χ3n) is 6.31. The highest BCUT2D eigenvalue weighted by atomic mass is 16.2. The Morgan fingerprint density at radius 3 is 2.39 bits per heavy atom. The number of nitrogens with zero attached hydrogens (tertiary/aromatic N) is 3. The molecule has 0 spiro atoms. The van der Waals surface area contributed by atoms with Gasteiger partial charge in [-0.1, -0.05) is 52.2 Å². The summed E-state index contributed by atoms with van der Waals surface area (Å²) in [6, 6.07) is 9.40. The number of piperidine rings is 1. The summed E-state index contributed by atoms with van der Waals surface area (Å²) in [6.07, 6.45) is 8.47. The first-order valence-electron chi connectivity index (χ1n) is 11.0. The zero-order valence-electron chi connectivity index (χ0n) is 17.6. The number of anilines is 1. The maximum absolute atomic E-state index is 12.3. The fourth-order valence-electron chi connectivity index (χ4n) is 4.58. The summed E-state index contributed by atoms with van der Waals surface area (Å²) < 4.78 is 2.52. The first kappa shape index (κ1) is 19.3. The van der Waals surface area contributed by atoms with E-state index in [2.05, 4.69) is 39.0 Å². The van der Waals surface area contributed by atoms with Gasteiger partial charge in [-0.25, -0.2) is 4.98 Å². The van der Waals surface area contributed by atoms with Crippen LogP contribution >= 0.6 is 0 Å². The Balaban J connectivity index is 1.53. The van der Waals surface area contributed by atoms with Crippen LogP contribution < -0.4 is 10.2 Å². The van der Waals surface area contributed by atoms with Gasteiger partial charge in [-0.05, 0) is 37.8 Å². The van der Waals surface area contributed by atoms with Gasteiger partial charge in [0.2, 0.25) is 11.9 Å². The summed E-state index contributed by atoms with van der Waals surface area (Å²) in [5.74, 6) is 1.29. The number of aromatic nitrogens is 2. The zero-order valence-corrected chi connectivity index (χ0v) is 17.6. The van der Waals surface area contributed by atoms with Gasteiger partial charge in [-0.2, -0.15) is 0 Å². The largest absolute Gasteiger partial charge is 0.353 e. The van der Waals surface area contributed by atoms with Crippen molar-refractivity contribution in [3.63, 3.8) is 0 Å². The summed E-state index contributed by atoms with van der Waals surface area (Å²) in [7, 11) is 0. The number of para-hydroxylation sites is 2. The molecule has 1 aliphatic carbocycles. The molecule has 2 fully saturated rings. The van der Waals surface area contributed by atoms with Crippen molar-refractivity contribution in [2.24, 2.45) is 5.41 Å². The molecule has 152 valence electrons. The van der Waals surface area contributed by atoms with Gasteiger partial charge in [0, 0.05) is 30.6 Å². The number of carbonyl (C=O) groups is 1. The van der Waals surface area contributed by atoms with Crippen molar-refractivity contribution < 1.29 is 4.79 Å². The molecular formula is C23H34N4O. The Bertz CT molecular complexity index is 821. The second-order valence-electron chi connectivity index (χ2n) is 9.55. The van der Waals surface area contributed by atoms with Crippen LogP contribution in [0.1, 0.15) is 71.8 Å². The Morgan fingerprint density at radius 1 is 1.04 bits per heavy atom. The van der Waals surface area contributed by atoms with Gasteiger partial charge in [0.25, 0.3) is 0 Å². The van der Waals surface area contributed by atoms with Crippen LogP contribution in [0.25, 0.3) is 11.0 Å². The molecule has 1 N–H and O–H groups in total. The molecule has 1 aromatic carbocycles. The molecule has 5 nitrogen and oxygen atoms in total. The molecule has 2 aromatic rings. The molecule has 1 saturated carbocycles. The molecule has 0 bridgehead atoms. The Kier molecular flexibility index (Phi) is 5.35. The second kappa shape index (κ2) is 7.76. The number of imidazole rings is 1. The molecule has 0 atom stereocenters. The van der Waals surface area contributed by atoms with Crippen LogP contribution in [0.5, 0.6) is 0 Å². The smallest absolute Gasteiger partial charge is 0.225 e. The van der Waals surface area contributed by atoms with Gasteiger partial charge in [0.1, 0.15) is 0 Å². The van der Waals surface area contributed by atoms with Crippen LogP contribution in [0.3, 0.4) is 0 Å². The van der Waals surface area contributed by atoms with Crippen molar-refractivity contribution >= 4 is 22.9 Å². The quantitative estimate of drug-likeness (QED) is 0.839. The Hall–Kier alpha value is -2.04. The molecule has 2 aliphatic rings. The Morgan fingerprint density at radius 2 is 1.71 bits per heavy atom. The molecule has 2 heterocycles. The minimum absolute atomic E-state index is 0.153. The summed E-state index contributed by atoms with van der Waals surface area (Å²) >= 11 is 0. The van der Waals surface area contributed by atoms with Crippen LogP contribution in [-0.2, 0) is 4.79 Å². The predicted octanol–water partition coefficient (Wildman–Crippen LogP) is 4.67. The van der Waals surface area contributed by atoms with E-state index in [9.17, 15) is 4.79 Å². The van der Waals surface area contributed by atoms with Crippen molar-refractivity contribution in [1.82, 2.24) is 14.9 Å². The van der Waals surface area contributed by atoms with Crippen molar-refractivity contribution in [3.05, 3.63) is 24.3 Å². The van der Waals surface area contributed by atoms with Gasteiger partial charge in [0.15, 0.2) is 0 Å². The van der Waals surface area contributed by atoms with Gasteiger partial charge in [-0.3, -0.25) is 4.79 Å². The van der Waals surface area contributed by atoms with Crippen LogP contribution in [0.4, 0.5) is 5.95 Å². The molecule has 1 amide bonds. The van der Waals surface area contributed by atoms with E-state index in [-0.39, 0.29) is 17.4 Å². The minimum Gasteiger partial charge on any atom is -0.353 e. The lowest BCUT2D eigenvalue weighted by Crippen LogP contribution is -2.48. The maximum atomic E-state index is 12.3. The van der Waals surface area contributed by atoms with E-state index in [4.69, 9.17) is 4.98 Å². The third kappa shape index (κ3) is 3.89. The highest BCUT2D eigenvalue weighted by Crippen LogP contribution is 2.36. The number of amides is 1. The van der Waals surface area contributed by atoms with E-state index in [1.54, 1.807) is 0 Å². The number of benzene rings is 1. The highest BCUT2D eigenvalue weighted by Gasteiger charge is 2.29. The molecule has 4 rings (SSSR count). The van der Waals surface area contributed by atoms with E-state index in [1.807, 2.05) is 20.8 Å². The number of carbonyl (C=O) groups excluding carboxylic acids is 1.